The maximum atomic E-state index is 13.3. The molecule has 33 heavy (non-hydrogen) atoms. The second-order valence-corrected chi connectivity index (χ2v) is 7.90. The van der Waals surface area contributed by atoms with Gasteiger partial charge in [0.05, 0.1) is 34.0 Å². The quantitative estimate of drug-likeness (QED) is 0.512. The second kappa shape index (κ2) is 10.4. The van der Waals surface area contributed by atoms with Crippen LogP contribution < -0.4 is 14.2 Å². The molecule has 0 saturated heterocycles. The predicted molar refractivity (Wildman–Crippen MR) is 126 cm³/mol. The Morgan fingerprint density at radius 2 is 1.61 bits per heavy atom. The maximum Gasteiger partial charge on any atom is 0.249 e. The van der Waals surface area contributed by atoms with Crippen LogP contribution in [0.15, 0.2) is 66.7 Å². The van der Waals surface area contributed by atoms with E-state index in [-0.39, 0.29) is 18.6 Å². The van der Waals surface area contributed by atoms with E-state index >= 15 is 0 Å². The van der Waals surface area contributed by atoms with Crippen molar-refractivity contribution < 1.29 is 23.7 Å². The molecule has 3 aromatic carbocycles. The van der Waals surface area contributed by atoms with Gasteiger partial charge in [0.15, 0.2) is 11.5 Å². The summed E-state index contributed by atoms with van der Waals surface area (Å²) in [6.45, 7) is 1.01. The molecule has 6 nitrogen and oxygen atoms in total. The standard InChI is InChI=1S/C27H29NO5/c1-30-22-11-9-20(10-12-22)27-23-16-25(32-3)24(31-2)15-21(23)13-14-28(27)26(29)18-33-17-19-7-5-4-6-8-19/h4-12,15-16,27H,13-14,17-18H2,1-3H3/t27-/m1/s1. The van der Waals surface area contributed by atoms with Gasteiger partial charge in [0.25, 0.3) is 0 Å². The highest BCUT2D eigenvalue weighted by atomic mass is 16.5. The van der Waals surface area contributed by atoms with Gasteiger partial charge < -0.3 is 23.8 Å². The van der Waals surface area contributed by atoms with Crippen LogP contribution in [0.3, 0.4) is 0 Å². The smallest absolute Gasteiger partial charge is 0.249 e. The van der Waals surface area contributed by atoms with E-state index in [1.807, 2.05) is 71.6 Å². The van der Waals surface area contributed by atoms with Gasteiger partial charge in [-0.2, -0.15) is 0 Å². The number of hydrogen-bond acceptors (Lipinski definition) is 5. The van der Waals surface area contributed by atoms with E-state index in [0.29, 0.717) is 24.7 Å². The molecule has 3 aromatic rings. The summed E-state index contributed by atoms with van der Waals surface area (Å²) in [5.74, 6) is 2.05. The molecule has 0 spiro atoms. The number of carbonyl (C=O) groups is 1. The van der Waals surface area contributed by atoms with Gasteiger partial charge in [0, 0.05) is 6.54 Å². The fourth-order valence-corrected chi connectivity index (χ4v) is 4.27. The average Bonchev–Trinajstić information content (AvgIpc) is 2.87. The molecule has 0 radical (unpaired) electrons. The molecule has 1 aliphatic rings. The molecule has 1 heterocycles. The number of benzene rings is 3. The van der Waals surface area contributed by atoms with Crippen molar-refractivity contribution in [3.8, 4) is 17.2 Å². The minimum atomic E-state index is -0.257. The summed E-state index contributed by atoms with van der Waals surface area (Å²) in [5, 5.41) is 0. The number of fused-ring (bicyclic) bond motifs is 1. The van der Waals surface area contributed by atoms with E-state index < -0.39 is 0 Å². The number of carbonyl (C=O) groups excluding carboxylic acids is 1. The van der Waals surface area contributed by atoms with Crippen molar-refractivity contribution in [1.82, 2.24) is 4.90 Å². The van der Waals surface area contributed by atoms with Crippen LogP contribution in [-0.2, 0) is 22.6 Å². The first-order chi connectivity index (χ1) is 16.1. The van der Waals surface area contributed by atoms with Gasteiger partial charge in [0.1, 0.15) is 12.4 Å². The van der Waals surface area contributed by atoms with Gasteiger partial charge in [-0.1, -0.05) is 42.5 Å². The molecule has 4 rings (SSSR count). The number of methoxy groups -OCH3 is 3. The number of hydrogen-bond donors (Lipinski definition) is 0. The number of rotatable bonds is 8. The first kappa shape index (κ1) is 22.7. The Bertz CT molecular complexity index is 1080. The fourth-order valence-electron chi connectivity index (χ4n) is 4.27. The Morgan fingerprint density at radius 3 is 2.27 bits per heavy atom. The summed E-state index contributed by atoms with van der Waals surface area (Å²) in [6, 6.07) is 21.4. The van der Waals surface area contributed by atoms with E-state index in [2.05, 4.69) is 0 Å². The third kappa shape index (κ3) is 4.96. The van der Waals surface area contributed by atoms with Gasteiger partial charge in [-0.25, -0.2) is 0 Å². The molecule has 172 valence electrons. The van der Waals surface area contributed by atoms with E-state index in [0.717, 1.165) is 34.4 Å². The molecule has 1 atom stereocenters. The Balaban J connectivity index is 1.63. The third-order valence-electron chi connectivity index (χ3n) is 5.96. The summed E-state index contributed by atoms with van der Waals surface area (Å²) < 4.78 is 22.2. The van der Waals surface area contributed by atoms with Crippen molar-refractivity contribution >= 4 is 5.91 Å². The van der Waals surface area contributed by atoms with Gasteiger partial charge in [0.2, 0.25) is 5.91 Å². The molecule has 0 fully saturated rings. The van der Waals surface area contributed by atoms with Gasteiger partial charge in [-0.3, -0.25) is 4.79 Å². The molecule has 1 aliphatic heterocycles. The molecule has 0 N–H and O–H groups in total. The molecule has 0 aliphatic carbocycles. The van der Waals surface area contributed by atoms with E-state index in [1.54, 1.807) is 21.3 Å². The first-order valence-electron chi connectivity index (χ1n) is 10.9. The summed E-state index contributed by atoms with van der Waals surface area (Å²) in [4.78, 5) is 15.2. The Labute approximate surface area is 194 Å². The lowest BCUT2D eigenvalue weighted by molar-refractivity contribution is -0.138. The largest absolute Gasteiger partial charge is 0.497 e. The maximum absolute atomic E-state index is 13.3. The number of ether oxygens (including phenoxy) is 4. The minimum Gasteiger partial charge on any atom is -0.497 e. The van der Waals surface area contributed by atoms with Gasteiger partial charge in [-0.15, -0.1) is 0 Å². The molecule has 0 bridgehead atoms. The first-order valence-corrected chi connectivity index (χ1v) is 10.9. The monoisotopic (exact) mass is 447 g/mol. The van der Waals surface area contributed by atoms with Gasteiger partial charge >= 0.3 is 0 Å². The topological polar surface area (TPSA) is 57.2 Å². The molecular weight excluding hydrogens is 418 g/mol. The van der Waals surface area contributed by atoms with Gasteiger partial charge in [-0.05, 0) is 52.9 Å². The molecular formula is C27H29NO5. The van der Waals surface area contributed by atoms with Crippen molar-refractivity contribution in [2.24, 2.45) is 0 Å². The highest BCUT2D eigenvalue weighted by molar-refractivity contribution is 5.79. The van der Waals surface area contributed by atoms with Crippen molar-refractivity contribution in [2.45, 2.75) is 19.1 Å². The van der Waals surface area contributed by atoms with Crippen molar-refractivity contribution in [3.05, 3.63) is 89.0 Å². The lowest BCUT2D eigenvalue weighted by Crippen LogP contribution is -2.42. The van der Waals surface area contributed by atoms with Crippen LogP contribution in [-0.4, -0.2) is 45.3 Å². The van der Waals surface area contributed by atoms with E-state index in [9.17, 15) is 4.79 Å². The Kier molecular flexibility index (Phi) is 7.15. The molecule has 0 unspecified atom stereocenters. The van der Waals surface area contributed by atoms with Crippen molar-refractivity contribution in [1.29, 1.82) is 0 Å². The SMILES string of the molecule is COc1ccc([C@@H]2c3cc(OC)c(OC)cc3CCN2C(=O)COCc2ccccc2)cc1. The average molecular weight is 448 g/mol. The third-order valence-corrected chi connectivity index (χ3v) is 5.96. The highest BCUT2D eigenvalue weighted by Crippen LogP contribution is 2.41. The normalized spacial score (nSPS) is 15.0. The number of amides is 1. The predicted octanol–water partition coefficient (Wildman–Crippen LogP) is 4.40. The molecule has 0 saturated carbocycles. The minimum absolute atomic E-state index is 0.0180. The van der Waals surface area contributed by atoms with Crippen LogP contribution in [0.4, 0.5) is 0 Å². The Hall–Kier alpha value is -3.51. The zero-order chi connectivity index (χ0) is 23.2. The lowest BCUT2D eigenvalue weighted by atomic mass is 9.87. The van der Waals surface area contributed by atoms with Crippen LogP contribution >= 0.6 is 0 Å². The van der Waals surface area contributed by atoms with Crippen LogP contribution in [0.2, 0.25) is 0 Å². The molecule has 6 heteroatoms. The number of nitrogens with zero attached hydrogens (tertiary/aromatic N) is 1. The zero-order valence-electron chi connectivity index (χ0n) is 19.2. The summed E-state index contributed by atoms with van der Waals surface area (Å²) in [7, 11) is 4.89. The second-order valence-electron chi connectivity index (χ2n) is 7.90. The zero-order valence-corrected chi connectivity index (χ0v) is 19.2. The van der Waals surface area contributed by atoms with Crippen molar-refractivity contribution in [3.63, 3.8) is 0 Å². The van der Waals surface area contributed by atoms with E-state index in [4.69, 9.17) is 18.9 Å². The van der Waals surface area contributed by atoms with Crippen LogP contribution in [0.25, 0.3) is 0 Å². The summed E-state index contributed by atoms with van der Waals surface area (Å²) in [6.07, 6.45) is 0.729. The highest BCUT2D eigenvalue weighted by Gasteiger charge is 2.33. The van der Waals surface area contributed by atoms with Crippen LogP contribution in [0.1, 0.15) is 28.3 Å². The lowest BCUT2D eigenvalue weighted by Gasteiger charge is -2.38. The summed E-state index contributed by atoms with van der Waals surface area (Å²) >= 11 is 0. The Morgan fingerprint density at radius 1 is 0.909 bits per heavy atom. The van der Waals surface area contributed by atoms with E-state index in [1.165, 1.54) is 0 Å². The molecule has 1 amide bonds. The van der Waals surface area contributed by atoms with Crippen LogP contribution in [0, 0.1) is 0 Å². The van der Waals surface area contributed by atoms with Crippen molar-refractivity contribution in [2.75, 3.05) is 34.5 Å². The fraction of sp³-hybridized carbons (Fsp3) is 0.296. The van der Waals surface area contributed by atoms with Crippen LogP contribution in [0.5, 0.6) is 17.2 Å². The summed E-state index contributed by atoms with van der Waals surface area (Å²) in [5.41, 5.74) is 4.21. The molecule has 0 aromatic heterocycles.